The minimum atomic E-state index is -4.58. The summed E-state index contributed by atoms with van der Waals surface area (Å²) in [5.41, 5.74) is 2.76. The van der Waals surface area contributed by atoms with E-state index < -0.39 is 21.8 Å². The fourth-order valence-corrected chi connectivity index (χ4v) is 5.32. The van der Waals surface area contributed by atoms with E-state index in [1.807, 2.05) is 6.92 Å². The third-order valence-corrected chi connectivity index (χ3v) is 7.34. The van der Waals surface area contributed by atoms with Gasteiger partial charge in [0.25, 0.3) is 0 Å². The van der Waals surface area contributed by atoms with E-state index in [-0.39, 0.29) is 37.0 Å². The Labute approximate surface area is 199 Å². The van der Waals surface area contributed by atoms with E-state index in [9.17, 15) is 26.4 Å². The highest BCUT2D eigenvalue weighted by Crippen LogP contribution is 2.32. The summed E-state index contributed by atoms with van der Waals surface area (Å²) in [5.74, 6) is -0.220. The number of amides is 1. The maximum absolute atomic E-state index is 13.1. The van der Waals surface area contributed by atoms with Crippen LogP contribution in [0.2, 0.25) is 0 Å². The number of fused-ring (bicyclic) bond motifs is 1. The molecule has 0 saturated heterocycles. The molecule has 186 valence electrons. The van der Waals surface area contributed by atoms with Gasteiger partial charge in [0.1, 0.15) is 0 Å². The molecular weight excluding hydrogens is 465 g/mol. The molecule has 0 spiro atoms. The van der Waals surface area contributed by atoms with E-state index in [1.54, 1.807) is 0 Å². The van der Waals surface area contributed by atoms with Crippen LogP contribution in [0.1, 0.15) is 67.3 Å². The molecule has 1 aliphatic carbocycles. The first-order valence-corrected chi connectivity index (χ1v) is 13.4. The number of anilines is 1. The van der Waals surface area contributed by atoms with Crippen LogP contribution in [0.15, 0.2) is 42.5 Å². The van der Waals surface area contributed by atoms with Crippen molar-refractivity contribution in [3.63, 3.8) is 0 Å². The second kappa shape index (κ2) is 10.8. The molecule has 0 fully saturated rings. The van der Waals surface area contributed by atoms with Crippen molar-refractivity contribution in [2.45, 2.75) is 64.1 Å². The zero-order chi connectivity index (χ0) is 24.9. The number of rotatable bonds is 9. The Balaban J connectivity index is 1.63. The van der Waals surface area contributed by atoms with Crippen LogP contribution in [0.4, 0.5) is 18.9 Å². The molecule has 2 aromatic rings. The number of alkyl halides is 3. The van der Waals surface area contributed by atoms with Gasteiger partial charge in [0.2, 0.25) is 15.9 Å². The van der Waals surface area contributed by atoms with E-state index in [4.69, 9.17) is 0 Å². The van der Waals surface area contributed by atoms with Crippen molar-refractivity contribution in [2.24, 2.45) is 0 Å². The predicted octanol–water partition coefficient (Wildman–Crippen LogP) is 5.40. The number of carbonyl (C=O) groups excluding carboxylic acids is 1. The van der Waals surface area contributed by atoms with Gasteiger partial charge < -0.3 is 5.32 Å². The Bertz CT molecular complexity index is 1120. The second-order valence-electron chi connectivity index (χ2n) is 8.75. The van der Waals surface area contributed by atoms with Crippen molar-refractivity contribution in [3.8, 4) is 0 Å². The molecule has 3 rings (SSSR count). The van der Waals surface area contributed by atoms with Crippen molar-refractivity contribution in [1.29, 1.82) is 0 Å². The molecule has 0 unspecified atom stereocenters. The van der Waals surface area contributed by atoms with Gasteiger partial charge in [0.05, 0.1) is 23.5 Å². The SMILES string of the molecule is CC[C@@H](NC(=O)CCCN(c1cccc(C(F)(F)F)c1)S(C)(=O)=O)c1ccc2c(c1)CCCC2. The minimum Gasteiger partial charge on any atom is -0.349 e. The van der Waals surface area contributed by atoms with E-state index >= 15 is 0 Å². The third-order valence-electron chi connectivity index (χ3n) is 6.15. The van der Waals surface area contributed by atoms with Crippen molar-refractivity contribution in [3.05, 3.63) is 64.7 Å². The molecule has 9 heteroatoms. The van der Waals surface area contributed by atoms with Crippen LogP contribution in [-0.4, -0.2) is 27.1 Å². The van der Waals surface area contributed by atoms with Crippen LogP contribution in [-0.2, 0) is 33.8 Å². The van der Waals surface area contributed by atoms with Crippen molar-refractivity contribution in [2.75, 3.05) is 17.1 Å². The molecule has 0 bridgehead atoms. The van der Waals surface area contributed by atoms with Crippen molar-refractivity contribution < 1.29 is 26.4 Å². The molecule has 34 heavy (non-hydrogen) atoms. The molecule has 1 N–H and O–H groups in total. The van der Waals surface area contributed by atoms with Crippen LogP contribution in [0.5, 0.6) is 0 Å². The zero-order valence-electron chi connectivity index (χ0n) is 19.5. The summed E-state index contributed by atoms with van der Waals surface area (Å²) < 4.78 is 64.6. The number of hydrogen-bond donors (Lipinski definition) is 1. The number of nitrogens with zero attached hydrogens (tertiary/aromatic N) is 1. The predicted molar refractivity (Wildman–Crippen MR) is 127 cm³/mol. The molecule has 2 aromatic carbocycles. The second-order valence-corrected chi connectivity index (χ2v) is 10.7. The highest BCUT2D eigenvalue weighted by Gasteiger charge is 2.31. The van der Waals surface area contributed by atoms with Crippen LogP contribution in [0.25, 0.3) is 0 Å². The van der Waals surface area contributed by atoms with Crippen LogP contribution in [0, 0.1) is 0 Å². The highest BCUT2D eigenvalue weighted by atomic mass is 32.2. The van der Waals surface area contributed by atoms with Crippen LogP contribution >= 0.6 is 0 Å². The summed E-state index contributed by atoms with van der Waals surface area (Å²) in [6.45, 7) is 1.90. The summed E-state index contributed by atoms with van der Waals surface area (Å²) in [6, 6.07) is 10.4. The van der Waals surface area contributed by atoms with Crippen molar-refractivity contribution in [1.82, 2.24) is 5.32 Å². The van der Waals surface area contributed by atoms with E-state index in [1.165, 1.54) is 36.1 Å². The van der Waals surface area contributed by atoms with Gasteiger partial charge in [-0.3, -0.25) is 9.10 Å². The zero-order valence-corrected chi connectivity index (χ0v) is 20.3. The van der Waals surface area contributed by atoms with Crippen molar-refractivity contribution >= 4 is 21.6 Å². The molecule has 5 nitrogen and oxygen atoms in total. The quantitative estimate of drug-likeness (QED) is 0.506. The van der Waals surface area contributed by atoms with Gasteiger partial charge in [0.15, 0.2) is 0 Å². The smallest absolute Gasteiger partial charge is 0.349 e. The van der Waals surface area contributed by atoms with Gasteiger partial charge in [0, 0.05) is 13.0 Å². The molecule has 0 aromatic heterocycles. The van der Waals surface area contributed by atoms with Gasteiger partial charge in [-0.2, -0.15) is 13.2 Å². The number of hydrogen-bond acceptors (Lipinski definition) is 3. The Hall–Kier alpha value is -2.55. The number of carbonyl (C=O) groups is 1. The van der Waals surface area contributed by atoms with Crippen LogP contribution in [0.3, 0.4) is 0 Å². The van der Waals surface area contributed by atoms with Gasteiger partial charge in [-0.25, -0.2) is 8.42 Å². The standard InChI is InChI=1S/C25H31F3N2O3S/c1-3-23(20-14-13-18-8-4-5-9-19(18)16-20)29-24(31)12-7-15-30(34(2,32)33)22-11-6-10-21(17-22)25(26,27)28/h6,10-11,13-14,16-17,23H,3-5,7-9,12,15H2,1-2H3,(H,29,31)/t23-/m1/s1. The molecule has 0 saturated carbocycles. The monoisotopic (exact) mass is 496 g/mol. The average Bonchev–Trinajstić information content (AvgIpc) is 2.78. The first kappa shape index (κ1) is 26.1. The van der Waals surface area contributed by atoms with Gasteiger partial charge in [-0.15, -0.1) is 0 Å². The van der Waals surface area contributed by atoms with Gasteiger partial charge >= 0.3 is 6.18 Å². The fourth-order valence-electron chi connectivity index (χ4n) is 4.36. The lowest BCUT2D eigenvalue weighted by Gasteiger charge is -2.24. The average molecular weight is 497 g/mol. The molecule has 1 aliphatic rings. The number of benzene rings is 2. The minimum absolute atomic E-state index is 0.0619. The first-order chi connectivity index (χ1) is 16.0. The lowest BCUT2D eigenvalue weighted by Crippen LogP contribution is -2.33. The summed E-state index contributed by atoms with van der Waals surface area (Å²) >= 11 is 0. The Morgan fingerprint density at radius 2 is 1.79 bits per heavy atom. The van der Waals surface area contributed by atoms with Gasteiger partial charge in [-0.05, 0) is 73.4 Å². The number of aryl methyl sites for hydroxylation is 2. The van der Waals surface area contributed by atoms with E-state index in [2.05, 4.69) is 23.5 Å². The topological polar surface area (TPSA) is 66.5 Å². The summed E-state index contributed by atoms with van der Waals surface area (Å²) in [7, 11) is -3.82. The third kappa shape index (κ3) is 6.74. The summed E-state index contributed by atoms with van der Waals surface area (Å²) in [6.07, 6.45) is 1.81. The number of halogens is 3. The Morgan fingerprint density at radius 1 is 1.09 bits per heavy atom. The highest BCUT2D eigenvalue weighted by molar-refractivity contribution is 7.92. The van der Waals surface area contributed by atoms with E-state index in [0.717, 1.165) is 41.1 Å². The molecule has 1 atom stereocenters. The fraction of sp³-hybridized carbons (Fsp3) is 0.480. The molecular formula is C25H31F3N2O3S. The first-order valence-electron chi connectivity index (χ1n) is 11.5. The lowest BCUT2D eigenvalue weighted by atomic mass is 9.89. The maximum atomic E-state index is 13.1. The summed E-state index contributed by atoms with van der Waals surface area (Å²) in [4.78, 5) is 12.6. The molecule has 1 amide bonds. The largest absolute Gasteiger partial charge is 0.416 e. The summed E-state index contributed by atoms with van der Waals surface area (Å²) in [5, 5.41) is 3.02. The van der Waals surface area contributed by atoms with Gasteiger partial charge in [-0.1, -0.05) is 31.2 Å². The molecule has 0 heterocycles. The normalized spacial score (nSPS) is 14.9. The van der Waals surface area contributed by atoms with Crippen LogP contribution < -0.4 is 9.62 Å². The number of nitrogens with one attached hydrogen (secondary N) is 1. The maximum Gasteiger partial charge on any atom is 0.416 e. The van der Waals surface area contributed by atoms with E-state index in [0.29, 0.717) is 6.42 Å². The number of sulfonamides is 1. The lowest BCUT2D eigenvalue weighted by molar-refractivity contribution is -0.137. The Kier molecular flexibility index (Phi) is 8.28. The molecule has 0 radical (unpaired) electrons. The molecule has 0 aliphatic heterocycles. The Morgan fingerprint density at radius 3 is 2.44 bits per heavy atom.